The SMILES string of the molecule is Cc1cccc(C)c1CNC(C)CCN. The second kappa shape index (κ2) is 5.89. The Balaban J connectivity index is 2.57. The van der Waals surface area contributed by atoms with Gasteiger partial charge in [0.15, 0.2) is 0 Å². The van der Waals surface area contributed by atoms with Gasteiger partial charge >= 0.3 is 0 Å². The molecule has 0 spiro atoms. The van der Waals surface area contributed by atoms with Crippen LogP contribution in [0.25, 0.3) is 0 Å². The zero-order valence-corrected chi connectivity index (χ0v) is 10.0. The molecule has 0 heterocycles. The van der Waals surface area contributed by atoms with Crippen LogP contribution in [-0.2, 0) is 6.54 Å². The van der Waals surface area contributed by atoms with E-state index >= 15 is 0 Å². The number of nitrogens with one attached hydrogen (secondary N) is 1. The summed E-state index contributed by atoms with van der Waals surface area (Å²) in [4.78, 5) is 0. The molecule has 0 aliphatic heterocycles. The highest BCUT2D eigenvalue weighted by Gasteiger charge is 2.04. The minimum atomic E-state index is 0.494. The summed E-state index contributed by atoms with van der Waals surface area (Å²) < 4.78 is 0. The molecule has 0 aliphatic rings. The normalized spacial score (nSPS) is 12.8. The van der Waals surface area contributed by atoms with E-state index < -0.39 is 0 Å². The van der Waals surface area contributed by atoms with Crippen molar-refractivity contribution in [2.45, 2.75) is 39.8 Å². The lowest BCUT2D eigenvalue weighted by Crippen LogP contribution is -2.28. The zero-order chi connectivity index (χ0) is 11.3. The topological polar surface area (TPSA) is 38.0 Å². The van der Waals surface area contributed by atoms with Crippen molar-refractivity contribution in [1.82, 2.24) is 5.32 Å². The fraction of sp³-hybridized carbons (Fsp3) is 0.538. The van der Waals surface area contributed by atoms with E-state index in [1.54, 1.807) is 0 Å². The lowest BCUT2D eigenvalue weighted by atomic mass is 10.0. The molecule has 1 aromatic rings. The Morgan fingerprint density at radius 3 is 2.40 bits per heavy atom. The van der Waals surface area contributed by atoms with Crippen LogP contribution in [0.3, 0.4) is 0 Å². The lowest BCUT2D eigenvalue weighted by molar-refractivity contribution is 0.518. The molecule has 3 N–H and O–H groups in total. The summed E-state index contributed by atoms with van der Waals surface area (Å²) in [5, 5.41) is 3.50. The third-order valence-electron chi connectivity index (χ3n) is 2.87. The Kier molecular flexibility index (Phi) is 4.79. The molecule has 0 radical (unpaired) electrons. The molecule has 0 amide bonds. The largest absolute Gasteiger partial charge is 0.330 e. The van der Waals surface area contributed by atoms with Crippen LogP contribution in [0, 0.1) is 13.8 Å². The highest BCUT2D eigenvalue weighted by molar-refractivity contribution is 5.33. The van der Waals surface area contributed by atoms with Crippen molar-refractivity contribution in [2.24, 2.45) is 5.73 Å². The van der Waals surface area contributed by atoms with E-state index in [1.165, 1.54) is 16.7 Å². The van der Waals surface area contributed by atoms with E-state index in [0.29, 0.717) is 6.04 Å². The molecular weight excluding hydrogens is 184 g/mol. The predicted molar refractivity (Wildman–Crippen MR) is 65.9 cm³/mol. The maximum Gasteiger partial charge on any atom is 0.0213 e. The van der Waals surface area contributed by atoms with Crippen LogP contribution in [-0.4, -0.2) is 12.6 Å². The number of hydrogen-bond acceptors (Lipinski definition) is 2. The van der Waals surface area contributed by atoms with Gasteiger partial charge in [-0.1, -0.05) is 18.2 Å². The first kappa shape index (κ1) is 12.2. The minimum absolute atomic E-state index is 0.494. The van der Waals surface area contributed by atoms with Gasteiger partial charge in [0.05, 0.1) is 0 Å². The van der Waals surface area contributed by atoms with E-state index in [1.807, 2.05) is 0 Å². The van der Waals surface area contributed by atoms with Gasteiger partial charge in [-0.3, -0.25) is 0 Å². The predicted octanol–water partition coefficient (Wildman–Crippen LogP) is 2.13. The maximum absolute atomic E-state index is 5.52. The molecule has 0 saturated carbocycles. The summed E-state index contributed by atoms with van der Waals surface area (Å²) in [6.45, 7) is 8.20. The molecule has 1 rings (SSSR count). The highest BCUT2D eigenvalue weighted by Crippen LogP contribution is 2.12. The van der Waals surface area contributed by atoms with Gasteiger partial charge in [-0.05, 0) is 50.4 Å². The molecule has 84 valence electrons. The lowest BCUT2D eigenvalue weighted by Gasteiger charge is -2.15. The quantitative estimate of drug-likeness (QED) is 0.774. The highest BCUT2D eigenvalue weighted by atomic mass is 14.9. The van der Waals surface area contributed by atoms with Crippen LogP contribution in [0.15, 0.2) is 18.2 Å². The van der Waals surface area contributed by atoms with Crippen molar-refractivity contribution in [1.29, 1.82) is 0 Å². The minimum Gasteiger partial charge on any atom is -0.330 e. The van der Waals surface area contributed by atoms with Gasteiger partial charge < -0.3 is 11.1 Å². The molecule has 2 heteroatoms. The van der Waals surface area contributed by atoms with Gasteiger partial charge in [-0.2, -0.15) is 0 Å². The van der Waals surface area contributed by atoms with Crippen LogP contribution in [0.4, 0.5) is 0 Å². The third-order valence-corrected chi connectivity index (χ3v) is 2.87. The maximum atomic E-state index is 5.52. The molecule has 1 unspecified atom stereocenters. The van der Waals surface area contributed by atoms with Gasteiger partial charge in [0.2, 0.25) is 0 Å². The zero-order valence-electron chi connectivity index (χ0n) is 10.0. The van der Waals surface area contributed by atoms with Gasteiger partial charge in [-0.15, -0.1) is 0 Å². The van der Waals surface area contributed by atoms with Crippen molar-refractivity contribution in [3.05, 3.63) is 34.9 Å². The molecule has 1 atom stereocenters. The van der Waals surface area contributed by atoms with Crippen molar-refractivity contribution < 1.29 is 0 Å². The van der Waals surface area contributed by atoms with E-state index in [9.17, 15) is 0 Å². The Hall–Kier alpha value is -0.860. The van der Waals surface area contributed by atoms with Crippen molar-refractivity contribution >= 4 is 0 Å². The van der Waals surface area contributed by atoms with Gasteiger partial charge in [0.1, 0.15) is 0 Å². The fourth-order valence-electron chi connectivity index (χ4n) is 1.76. The van der Waals surface area contributed by atoms with E-state index in [2.05, 4.69) is 44.3 Å². The molecular formula is C13H22N2. The van der Waals surface area contributed by atoms with Crippen molar-refractivity contribution in [3.8, 4) is 0 Å². The summed E-state index contributed by atoms with van der Waals surface area (Å²) in [6, 6.07) is 6.93. The van der Waals surface area contributed by atoms with Crippen LogP contribution in [0.1, 0.15) is 30.0 Å². The molecule has 0 saturated heterocycles. The van der Waals surface area contributed by atoms with Gasteiger partial charge in [0, 0.05) is 12.6 Å². The first-order valence-electron chi connectivity index (χ1n) is 5.63. The number of benzene rings is 1. The van der Waals surface area contributed by atoms with E-state index in [0.717, 1.165) is 19.5 Å². The number of rotatable bonds is 5. The second-order valence-corrected chi connectivity index (χ2v) is 4.23. The summed E-state index contributed by atoms with van der Waals surface area (Å²) in [7, 11) is 0. The molecule has 2 nitrogen and oxygen atoms in total. The van der Waals surface area contributed by atoms with E-state index in [-0.39, 0.29) is 0 Å². The van der Waals surface area contributed by atoms with Crippen LogP contribution < -0.4 is 11.1 Å². The monoisotopic (exact) mass is 206 g/mol. The molecule has 0 aromatic heterocycles. The average Bonchev–Trinajstić information content (AvgIpc) is 2.17. The molecule has 1 aromatic carbocycles. The smallest absolute Gasteiger partial charge is 0.0213 e. The Labute approximate surface area is 92.9 Å². The fourth-order valence-corrected chi connectivity index (χ4v) is 1.76. The number of nitrogens with two attached hydrogens (primary N) is 1. The van der Waals surface area contributed by atoms with Gasteiger partial charge in [-0.25, -0.2) is 0 Å². The Bertz CT molecular complexity index is 287. The van der Waals surface area contributed by atoms with Crippen LogP contribution in [0.2, 0.25) is 0 Å². The molecule has 0 fully saturated rings. The standard InChI is InChI=1S/C13H22N2/c1-10-5-4-6-11(2)13(10)9-15-12(3)7-8-14/h4-6,12,15H,7-9,14H2,1-3H3. The molecule has 15 heavy (non-hydrogen) atoms. The average molecular weight is 206 g/mol. The number of aryl methyl sites for hydroxylation is 2. The third kappa shape index (κ3) is 3.65. The first-order valence-corrected chi connectivity index (χ1v) is 5.63. The van der Waals surface area contributed by atoms with Crippen LogP contribution >= 0.6 is 0 Å². The Morgan fingerprint density at radius 2 is 1.87 bits per heavy atom. The summed E-state index contributed by atoms with van der Waals surface area (Å²) in [6.07, 6.45) is 1.03. The molecule has 0 bridgehead atoms. The van der Waals surface area contributed by atoms with Crippen LogP contribution in [0.5, 0.6) is 0 Å². The summed E-state index contributed by atoms with van der Waals surface area (Å²) in [5.74, 6) is 0. The first-order chi connectivity index (χ1) is 7.15. The van der Waals surface area contributed by atoms with E-state index in [4.69, 9.17) is 5.73 Å². The molecule has 0 aliphatic carbocycles. The van der Waals surface area contributed by atoms with Gasteiger partial charge in [0.25, 0.3) is 0 Å². The summed E-state index contributed by atoms with van der Waals surface area (Å²) in [5.41, 5.74) is 9.66. The number of hydrogen-bond donors (Lipinski definition) is 2. The Morgan fingerprint density at radius 1 is 1.27 bits per heavy atom. The van der Waals surface area contributed by atoms with Crippen molar-refractivity contribution in [2.75, 3.05) is 6.54 Å². The summed E-state index contributed by atoms with van der Waals surface area (Å²) >= 11 is 0. The second-order valence-electron chi connectivity index (χ2n) is 4.23. The van der Waals surface area contributed by atoms with Crippen molar-refractivity contribution in [3.63, 3.8) is 0 Å².